The molecule has 0 spiro atoms. The number of hydrogen-bond acceptors (Lipinski definition) is 6. The minimum absolute atomic E-state index is 0.0590. The van der Waals surface area contributed by atoms with Gasteiger partial charge in [-0.2, -0.15) is 13.2 Å². The summed E-state index contributed by atoms with van der Waals surface area (Å²) in [7, 11) is 1.59. The van der Waals surface area contributed by atoms with Gasteiger partial charge in [0.2, 0.25) is 11.9 Å². The summed E-state index contributed by atoms with van der Waals surface area (Å²) in [4.78, 5) is 26.2. The highest BCUT2D eigenvalue weighted by atomic mass is 19.4. The fourth-order valence-electron chi connectivity index (χ4n) is 3.62. The van der Waals surface area contributed by atoms with Gasteiger partial charge in [0.1, 0.15) is 12.4 Å². The lowest BCUT2D eigenvalue weighted by Crippen LogP contribution is -2.40. The summed E-state index contributed by atoms with van der Waals surface area (Å²) in [6.07, 6.45) is -1.44. The molecule has 0 bridgehead atoms. The average molecular weight is 449 g/mol. The highest BCUT2D eigenvalue weighted by molar-refractivity contribution is 5.97. The Hall–Kier alpha value is -3.57. The highest BCUT2D eigenvalue weighted by Gasteiger charge is 2.50. The Morgan fingerprint density at radius 2 is 1.91 bits per heavy atom. The van der Waals surface area contributed by atoms with Gasteiger partial charge < -0.3 is 10.2 Å². The molecule has 0 radical (unpaired) electrons. The molecule has 1 amide bonds. The smallest absolute Gasteiger partial charge is 0.327 e. The molecule has 1 fully saturated rings. The van der Waals surface area contributed by atoms with Crippen molar-refractivity contribution in [2.45, 2.75) is 25.6 Å². The molecule has 1 N–H and O–H groups in total. The molecule has 0 saturated carbocycles. The van der Waals surface area contributed by atoms with Crippen LogP contribution >= 0.6 is 0 Å². The van der Waals surface area contributed by atoms with Crippen LogP contribution in [-0.4, -0.2) is 49.4 Å². The molecule has 1 saturated heterocycles. The van der Waals surface area contributed by atoms with Crippen molar-refractivity contribution in [1.82, 2.24) is 24.7 Å². The summed E-state index contributed by atoms with van der Waals surface area (Å²) in [6, 6.07) is 3.83. The number of halogens is 4. The number of benzene rings is 1. The van der Waals surface area contributed by atoms with Crippen LogP contribution in [0.15, 0.2) is 36.9 Å². The molecule has 1 aromatic carbocycles. The van der Waals surface area contributed by atoms with Crippen molar-refractivity contribution in [3.63, 3.8) is 0 Å². The molecule has 2 unspecified atom stereocenters. The van der Waals surface area contributed by atoms with Crippen LogP contribution in [0.4, 0.5) is 29.2 Å². The summed E-state index contributed by atoms with van der Waals surface area (Å²) in [6.45, 7) is 1.39. The first kappa shape index (κ1) is 21.7. The summed E-state index contributed by atoms with van der Waals surface area (Å²) < 4.78 is 54.7. The zero-order valence-electron chi connectivity index (χ0n) is 17.1. The average Bonchev–Trinajstić information content (AvgIpc) is 3.36. The van der Waals surface area contributed by atoms with Crippen molar-refractivity contribution in [1.29, 1.82) is 0 Å². The zero-order valence-corrected chi connectivity index (χ0v) is 17.1. The minimum Gasteiger partial charge on any atom is -0.327 e. The second kappa shape index (κ2) is 8.17. The largest absolute Gasteiger partial charge is 0.393 e. The van der Waals surface area contributed by atoms with Gasteiger partial charge in [-0.15, -0.1) is 5.10 Å². The number of alkyl halides is 3. The predicted molar refractivity (Wildman–Crippen MR) is 107 cm³/mol. The second-order valence-corrected chi connectivity index (χ2v) is 7.60. The van der Waals surface area contributed by atoms with E-state index in [1.807, 2.05) is 0 Å². The number of rotatable bonds is 4. The Bertz CT molecular complexity index is 1130. The summed E-state index contributed by atoms with van der Waals surface area (Å²) in [5, 5.41) is 6.73. The molecule has 3 heterocycles. The topological polar surface area (TPSA) is 88.8 Å². The Labute approximate surface area is 180 Å². The van der Waals surface area contributed by atoms with Gasteiger partial charge in [0, 0.05) is 24.8 Å². The van der Waals surface area contributed by atoms with Crippen LogP contribution in [-0.2, 0) is 11.8 Å². The van der Waals surface area contributed by atoms with Crippen LogP contribution in [0.3, 0.4) is 0 Å². The third-order valence-electron chi connectivity index (χ3n) is 5.28. The summed E-state index contributed by atoms with van der Waals surface area (Å²) >= 11 is 0. The molecule has 2 atom stereocenters. The highest BCUT2D eigenvalue weighted by Crippen LogP contribution is 2.38. The Balaban J connectivity index is 1.59. The van der Waals surface area contributed by atoms with E-state index in [1.54, 1.807) is 32.2 Å². The maximum Gasteiger partial charge on any atom is 0.393 e. The van der Waals surface area contributed by atoms with Crippen LogP contribution in [0.1, 0.15) is 12.0 Å². The number of carbonyl (C=O) groups is 1. The lowest BCUT2D eigenvalue weighted by atomic mass is 10.0. The van der Waals surface area contributed by atoms with Crippen LogP contribution < -0.4 is 10.2 Å². The van der Waals surface area contributed by atoms with E-state index in [0.717, 1.165) is 18.0 Å². The van der Waals surface area contributed by atoms with E-state index >= 15 is 0 Å². The van der Waals surface area contributed by atoms with Crippen molar-refractivity contribution in [2.24, 2.45) is 13.0 Å². The zero-order chi connectivity index (χ0) is 23.0. The second-order valence-electron chi connectivity index (χ2n) is 7.60. The number of aryl methyl sites for hydroxylation is 2. The van der Waals surface area contributed by atoms with Crippen LogP contribution in [0.25, 0.3) is 11.4 Å². The molecular weight excluding hydrogens is 430 g/mol. The fraction of sp³-hybridized carbons (Fsp3) is 0.350. The van der Waals surface area contributed by atoms with E-state index in [0.29, 0.717) is 11.3 Å². The van der Waals surface area contributed by atoms with Gasteiger partial charge in [-0.25, -0.2) is 19.3 Å². The standard InChI is InChI=1S/C20H19F4N7O/c1-11-3-4-14(6-15(11)17-25-7-13(21)8-26-17)28-18(32)16-5-12(20(22,23)24)9-31(16)19-27-10-30(2)29-19/h3-4,6-8,10,12,16H,5,9H2,1-2H3,(H,28,32). The van der Waals surface area contributed by atoms with Crippen LogP contribution in [0.2, 0.25) is 0 Å². The number of hydrogen-bond donors (Lipinski definition) is 1. The maximum atomic E-state index is 13.4. The van der Waals surface area contributed by atoms with E-state index in [2.05, 4.69) is 25.4 Å². The van der Waals surface area contributed by atoms with E-state index in [9.17, 15) is 22.4 Å². The van der Waals surface area contributed by atoms with Crippen molar-refractivity contribution >= 4 is 17.5 Å². The number of aromatic nitrogens is 5. The van der Waals surface area contributed by atoms with Gasteiger partial charge in [-0.05, 0) is 31.0 Å². The van der Waals surface area contributed by atoms with Gasteiger partial charge in [0.15, 0.2) is 11.6 Å². The third kappa shape index (κ3) is 4.39. The quantitative estimate of drug-likeness (QED) is 0.616. The molecular formula is C20H19F4N7O. The first-order chi connectivity index (χ1) is 15.1. The first-order valence-electron chi connectivity index (χ1n) is 9.70. The molecule has 8 nitrogen and oxygen atoms in total. The fourth-order valence-corrected chi connectivity index (χ4v) is 3.62. The number of nitrogens with one attached hydrogen (secondary N) is 1. The molecule has 32 heavy (non-hydrogen) atoms. The number of anilines is 2. The molecule has 2 aromatic heterocycles. The molecule has 1 aliphatic heterocycles. The van der Waals surface area contributed by atoms with Gasteiger partial charge in [-0.3, -0.25) is 9.48 Å². The van der Waals surface area contributed by atoms with E-state index < -0.39 is 42.8 Å². The molecule has 12 heteroatoms. The lowest BCUT2D eigenvalue weighted by molar-refractivity contribution is -0.168. The minimum atomic E-state index is -4.45. The van der Waals surface area contributed by atoms with Crippen LogP contribution in [0, 0.1) is 18.7 Å². The van der Waals surface area contributed by atoms with Gasteiger partial charge in [0.25, 0.3) is 0 Å². The van der Waals surface area contributed by atoms with Gasteiger partial charge >= 0.3 is 6.18 Å². The maximum absolute atomic E-state index is 13.4. The monoisotopic (exact) mass is 449 g/mol. The Morgan fingerprint density at radius 1 is 1.19 bits per heavy atom. The van der Waals surface area contributed by atoms with Crippen molar-refractivity contribution < 1.29 is 22.4 Å². The lowest BCUT2D eigenvalue weighted by Gasteiger charge is -2.22. The Morgan fingerprint density at radius 3 is 2.53 bits per heavy atom. The van der Waals surface area contributed by atoms with Crippen molar-refractivity contribution in [3.8, 4) is 11.4 Å². The normalized spacial score (nSPS) is 18.8. The summed E-state index contributed by atoms with van der Waals surface area (Å²) in [5.74, 6) is -2.55. The molecule has 0 aliphatic carbocycles. The van der Waals surface area contributed by atoms with Crippen molar-refractivity contribution in [2.75, 3.05) is 16.8 Å². The van der Waals surface area contributed by atoms with E-state index in [-0.39, 0.29) is 11.8 Å². The van der Waals surface area contributed by atoms with Gasteiger partial charge in [0.05, 0.1) is 18.3 Å². The van der Waals surface area contributed by atoms with E-state index in [1.165, 1.54) is 15.9 Å². The Kier molecular flexibility index (Phi) is 5.53. The number of nitrogens with zero attached hydrogens (tertiary/aromatic N) is 6. The molecule has 3 aromatic rings. The SMILES string of the molecule is Cc1ccc(NC(=O)C2CC(C(F)(F)F)CN2c2ncn(C)n2)cc1-c1ncc(F)cn1. The summed E-state index contributed by atoms with van der Waals surface area (Å²) in [5.41, 5.74) is 1.70. The van der Waals surface area contributed by atoms with Crippen LogP contribution in [0.5, 0.6) is 0 Å². The number of amides is 1. The van der Waals surface area contributed by atoms with E-state index in [4.69, 9.17) is 0 Å². The molecule has 4 rings (SSSR count). The first-order valence-corrected chi connectivity index (χ1v) is 9.70. The number of carbonyl (C=O) groups excluding carboxylic acids is 1. The molecule has 1 aliphatic rings. The predicted octanol–water partition coefficient (Wildman–Crippen LogP) is 3.12. The van der Waals surface area contributed by atoms with Crippen molar-refractivity contribution in [3.05, 3.63) is 48.3 Å². The van der Waals surface area contributed by atoms with Gasteiger partial charge in [-0.1, -0.05) is 6.07 Å². The third-order valence-corrected chi connectivity index (χ3v) is 5.28. The molecule has 168 valence electrons.